The molecule has 0 saturated carbocycles. The molecule has 1 unspecified atom stereocenters. The fraction of sp³-hybridized carbons (Fsp3) is 0.417. The highest BCUT2D eigenvalue weighted by Crippen LogP contribution is 2.31. The number of nitrogens with one attached hydrogen (secondary N) is 2. The number of benzene rings is 1. The Labute approximate surface area is 100 Å². The van der Waals surface area contributed by atoms with Crippen molar-refractivity contribution in [2.45, 2.75) is 12.5 Å². The molecule has 17 heavy (non-hydrogen) atoms. The topological polar surface area (TPSA) is 76.4 Å². The first-order valence-electron chi connectivity index (χ1n) is 5.76. The summed E-state index contributed by atoms with van der Waals surface area (Å²) >= 11 is 0. The molecule has 1 atom stereocenters. The molecule has 1 aromatic rings. The minimum atomic E-state index is -0.487. The number of urea groups is 1. The van der Waals surface area contributed by atoms with Crippen molar-refractivity contribution >= 4 is 6.03 Å². The molecule has 0 radical (unpaired) electrons. The zero-order valence-corrected chi connectivity index (χ0v) is 9.61. The van der Waals surface area contributed by atoms with Crippen LogP contribution in [0.1, 0.15) is 18.0 Å². The molecule has 1 aromatic carbocycles. The van der Waals surface area contributed by atoms with Gasteiger partial charge in [-0.1, -0.05) is 18.2 Å². The van der Waals surface area contributed by atoms with Crippen LogP contribution in [0.3, 0.4) is 0 Å². The van der Waals surface area contributed by atoms with E-state index in [9.17, 15) is 4.79 Å². The summed E-state index contributed by atoms with van der Waals surface area (Å²) in [5.41, 5.74) is 6.17. The van der Waals surface area contributed by atoms with Gasteiger partial charge in [-0.05, 0) is 6.07 Å². The van der Waals surface area contributed by atoms with Crippen molar-refractivity contribution in [3.05, 3.63) is 29.8 Å². The van der Waals surface area contributed by atoms with Gasteiger partial charge in [-0.25, -0.2) is 4.79 Å². The van der Waals surface area contributed by atoms with Crippen LogP contribution in [-0.2, 0) is 0 Å². The van der Waals surface area contributed by atoms with Crippen molar-refractivity contribution in [1.82, 2.24) is 10.6 Å². The highest BCUT2D eigenvalue weighted by Gasteiger charge is 2.19. The lowest BCUT2D eigenvalue weighted by Crippen LogP contribution is -2.37. The summed E-state index contributed by atoms with van der Waals surface area (Å²) in [7, 11) is 0. The molecule has 5 nitrogen and oxygen atoms in total. The summed E-state index contributed by atoms with van der Waals surface area (Å²) in [5, 5.41) is 5.94. The zero-order valence-electron chi connectivity index (χ0n) is 9.61. The van der Waals surface area contributed by atoms with Crippen molar-refractivity contribution < 1.29 is 9.53 Å². The van der Waals surface area contributed by atoms with Crippen LogP contribution in [0.5, 0.6) is 5.75 Å². The van der Waals surface area contributed by atoms with Gasteiger partial charge >= 0.3 is 6.03 Å². The summed E-state index contributed by atoms with van der Waals surface area (Å²) in [5.74, 6) is 0.944. The number of ether oxygens (including phenoxy) is 1. The first kappa shape index (κ1) is 11.7. The number of carbonyl (C=O) groups is 1. The Balaban J connectivity index is 1.88. The summed E-state index contributed by atoms with van der Waals surface area (Å²) < 4.78 is 5.57. The minimum absolute atomic E-state index is 0.287. The molecule has 1 aliphatic rings. The second-order valence-corrected chi connectivity index (χ2v) is 3.97. The Morgan fingerprint density at radius 3 is 3.06 bits per heavy atom. The average molecular weight is 235 g/mol. The van der Waals surface area contributed by atoms with Gasteiger partial charge in [0.25, 0.3) is 0 Å². The quantitative estimate of drug-likeness (QED) is 0.675. The highest BCUT2D eigenvalue weighted by atomic mass is 16.5. The predicted molar refractivity (Wildman–Crippen MR) is 64.9 cm³/mol. The van der Waals surface area contributed by atoms with E-state index in [0.717, 1.165) is 18.8 Å². The van der Waals surface area contributed by atoms with Crippen LogP contribution in [0.4, 0.5) is 4.79 Å². The van der Waals surface area contributed by atoms with Crippen LogP contribution >= 0.6 is 0 Å². The van der Waals surface area contributed by atoms with Crippen LogP contribution < -0.4 is 21.1 Å². The van der Waals surface area contributed by atoms with E-state index in [2.05, 4.69) is 16.7 Å². The van der Waals surface area contributed by atoms with E-state index in [0.29, 0.717) is 13.1 Å². The summed E-state index contributed by atoms with van der Waals surface area (Å²) in [6.45, 7) is 1.95. The van der Waals surface area contributed by atoms with Gasteiger partial charge in [0, 0.05) is 31.1 Å². The Kier molecular flexibility index (Phi) is 3.82. The van der Waals surface area contributed by atoms with Crippen molar-refractivity contribution in [2.24, 2.45) is 5.73 Å². The second kappa shape index (κ2) is 5.54. The van der Waals surface area contributed by atoms with Gasteiger partial charge in [0.05, 0.1) is 6.61 Å². The predicted octanol–water partition coefficient (Wildman–Crippen LogP) is 0.768. The molecule has 2 amide bonds. The monoisotopic (exact) mass is 235 g/mol. The van der Waals surface area contributed by atoms with Crippen molar-refractivity contribution in [2.75, 3.05) is 19.7 Å². The third-order valence-electron chi connectivity index (χ3n) is 2.77. The van der Waals surface area contributed by atoms with Crippen molar-refractivity contribution in [1.29, 1.82) is 0 Å². The van der Waals surface area contributed by atoms with Gasteiger partial charge in [-0.3, -0.25) is 0 Å². The molecule has 0 spiro atoms. The highest BCUT2D eigenvalue weighted by molar-refractivity contribution is 5.71. The number of carbonyl (C=O) groups excluding carboxylic acids is 1. The molecule has 1 aliphatic heterocycles. The zero-order chi connectivity index (χ0) is 12.1. The van der Waals surface area contributed by atoms with Gasteiger partial charge in [0.1, 0.15) is 5.75 Å². The number of para-hydroxylation sites is 1. The van der Waals surface area contributed by atoms with Gasteiger partial charge < -0.3 is 21.1 Å². The fourth-order valence-electron chi connectivity index (χ4n) is 1.99. The van der Waals surface area contributed by atoms with Gasteiger partial charge in [0.2, 0.25) is 0 Å². The summed E-state index contributed by atoms with van der Waals surface area (Å²) in [4.78, 5) is 10.5. The number of rotatable bonds is 4. The maximum Gasteiger partial charge on any atom is 0.312 e. The Bertz CT molecular complexity index is 395. The third kappa shape index (κ3) is 3.10. The van der Waals surface area contributed by atoms with E-state index in [-0.39, 0.29) is 6.04 Å². The average Bonchev–Trinajstić information content (AvgIpc) is 2.34. The van der Waals surface area contributed by atoms with E-state index < -0.39 is 6.03 Å². The number of hydrogen-bond donors (Lipinski definition) is 3. The van der Waals surface area contributed by atoms with Crippen LogP contribution in [0.2, 0.25) is 0 Å². The van der Waals surface area contributed by atoms with E-state index >= 15 is 0 Å². The molecular weight excluding hydrogens is 218 g/mol. The van der Waals surface area contributed by atoms with Crippen LogP contribution in [0.25, 0.3) is 0 Å². The smallest absolute Gasteiger partial charge is 0.312 e. The van der Waals surface area contributed by atoms with Crippen LogP contribution in [-0.4, -0.2) is 25.7 Å². The van der Waals surface area contributed by atoms with E-state index in [1.54, 1.807) is 0 Å². The molecule has 0 fully saturated rings. The Morgan fingerprint density at radius 1 is 1.41 bits per heavy atom. The lowest BCUT2D eigenvalue weighted by Gasteiger charge is -2.26. The van der Waals surface area contributed by atoms with Gasteiger partial charge in [-0.15, -0.1) is 0 Å². The molecule has 0 saturated heterocycles. The SMILES string of the molecule is NC(=O)NCCNC1CCOc2ccccc21. The Morgan fingerprint density at radius 2 is 2.24 bits per heavy atom. The normalized spacial score (nSPS) is 18.0. The number of amides is 2. The first-order chi connectivity index (χ1) is 8.27. The molecule has 4 N–H and O–H groups in total. The van der Waals surface area contributed by atoms with E-state index in [1.807, 2.05) is 18.2 Å². The molecular formula is C12H17N3O2. The Hall–Kier alpha value is -1.75. The lowest BCUT2D eigenvalue weighted by atomic mass is 10.0. The largest absolute Gasteiger partial charge is 0.493 e. The molecule has 0 aromatic heterocycles. The van der Waals surface area contributed by atoms with Gasteiger partial charge in [-0.2, -0.15) is 0 Å². The minimum Gasteiger partial charge on any atom is -0.493 e. The fourth-order valence-corrected chi connectivity index (χ4v) is 1.99. The molecule has 0 aliphatic carbocycles. The van der Waals surface area contributed by atoms with Gasteiger partial charge in [0.15, 0.2) is 0 Å². The maximum absolute atomic E-state index is 10.5. The van der Waals surface area contributed by atoms with Crippen molar-refractivity contribution in [3.63, 3.8) is 0 Å². The lowest BCUT2D eigenvalue weighted by molar-refractivity contribution is 0.245. The molecule has 0 bridgehead atoms. The van der Waals surface area contributed by atoms with Crippen LogP contribution in [0, 0.1) is 0 Å². The van der Waals surface area contributed by atoms with E-state index in [1.165, 1.54) is 5.56 Å². The molecule has 5 heteroatoms. The summed E-state index contributed by atoms with van der Waals surface area (Å²) in [6.07, 6.45) is 0.938. The summed E-state index contributed by atoms with van der Waals surface area (Å²) in [6, 6.07) is 7.81. The second-order valence-electron chi connectivity index (χ2n) is 3.97. The molecule has 2 rings (SSSR count). The number of nitrogens with two attached hydrogens (primary N) is 1. The first-order valence-corrected chi connectivity index (χ1v) is 5.76. The van der Waals surface area contributed by atoms with E-state index in [4.69, 9.17) is 10.5 Å². The molecule has 1 heterocycles. The molecule has 92 valence electrons. The number of fused-ring (bicyclic) bond motifs is 1. The maximum atomic E-state index is 10.5. The standard InChI is InChI=1S/C12H17N3O2/c13-12(16)15-7-6-14-10-5-8-17-11-4-2-1-3-9(10)11/h1-4,10,14H,5-8H2,(H3,13,15,16). The van der Waals surface area contributed by atoms with Crippen LogP contribution in [0.15, 0.2) is 24.3 Å². The third-order valence-corrected chi connectivity index (χ3v) is 2.77. The van der Waals surface area contributed by atoms with Crippen molar-refractivity contribution in [3.8, 4) is 5.75 Å². The number of hydrogen-bond acceptors (Lipinski definition) is 3. The number of primary amides is 1.